The largest absolute Gasteiger partial charge is 0.497 e. The predicted molar refractivity (Wildman–Crippen MR) is 114 cm³/mol. The molecule has 0 saturated carbocycles. The number of hydrogen-bond acceptors (Lipinski definition) is 7. The highest BCUT2D eigenvalue weighted by Crippen LogP contribution is 2.34. The smallest absolute Gasteiger partial charge is 0.261 e. The number of likely N-dealkylation sites (tertiary alicyclic amines) is 1. The Hall–Kier alpha value is -3.00. The van der Waals surface area contributed by atoms with Gasteiger partial charge in [0.25, 0.3) is 5.89 Å². The van der Waals surface area contributed by atoms with Gasteiger partial charge in [-0.2, -0.15) is 4.98 Å². The van der Waals surface area contributed by atoms with Gasteiger partial charge >= 0.3 is 0 Å². The van der Waals surface area contributed by atoms with Crippen LogP contribution in [0.4, 0.5) is 0 Å². The monoisotopic (exact) mass is 425 g/mol. The Labute approximate surface area is 179 Å². The molecule has 2 heterocycles. The number of nitrogens with zero attached hydrogens (tertiary/aromatic N) is 3. The molecule has 0 radical (unpaired) electrons. The summed E-state index contributed by atoms with van der Waals surface area (Å²) in [7, 11) is 3.17. The third-order valence-corrected chi connectivity index (χ3v) is 5.94. The lowest BCUT2D eigenvalue weighted by Crippen LogP contribution is -2.24. The summed E-state index contributed by atoms with van der Waals surface area (Å²) in [4.78, 5) is 20.1. The van der Waals surface area contributed by atoms with Crippen molar-refractivity contribution < 1.29 is 18.8 Å². The summed E-state index contributed by atoms with van der Waals surface area (Å²) < 4.78 is 16.1. The van der Waals surface area contributed by atoms with Crippen molar-refractivity contribution >= 4 is 17.7 Å². The molecule has 0 aliphatic carbocycles. The van der Waals surface area contributed by atoms with Crippen LogP contribution in [0.15, 0.2) is 51.9 Å². The molecular weight excluding hydrogens is 402 g/mol. The van der Waals surface area contributed by atoms with Gasteiger partial charge in [0.05, 0.1) is 19.8 Å². The van der Waals surface area contributed by atoms with Crippen molar-refractivity contribution in [2.75, 3.05) is 27.0 Å². The SMILES string of the molecule is COc1ccc(-c2nc(C3CC(=O)N(Cc4ccc(SC)cc4)C3)no2)c(OC)c1. The molecule has 1 aromatic heterocycles. The molecule has 8 heteroatoms. The minimum atomic E-state index is -0.0929. The standard InChI is InChI=1S/C22H23N3O4S/c1-27-16-6-9-18(19(11-16)28-2)22-23-21(24-29-22)15-10-20(26)25(13-15)12-14-4-7-17(30-3)8-5-14/h4-9,11,15H,10,12-13H2,1-3H3. The maximum absolute atomic E-state index is 12.5. The average Bonchev–Trinajstić information content (AvgIpc) is 3.41. The Morgan fingerprint density at radius 3 is 2.67 bits per heavy atom. The third kappa shape index (κ3) is 4.14. The van der Waals surface area contributed by atoms with Crippen molar-refractivity contribution in [1.29, 1.82) is 0 Å². The number of aromatic nitrogens is 2. The summed E-state index contributed by atoms with van der Waals surface area (Å²) in [6.07, 6.45) is 2.42. The maximum atomic E-state index is 12.5. The molecule has 1 aliphatic heterocycles. The molecule has 1 aliphatic rings. The van der Waals surface area contributed by atoms with Gasteiger partial charge in [-0.1, -0.05) is 17.3 Å². The van der Waals surface area contributed by atoms with Gasteiger partial charge in [-0.05, 0) is 36.1 Å². The fraction of sp³-hybridized carbons (Fsp3) is 0.318. The Bertz CT molecular complexity index is 1040. The van der Waals surface area contributed by atoms with Crippen molar-refractivity contribution in [2.24, 2.45) is 0 Å². The molecule has 1 fully saturated rings. The lowest BCUT2D eigenvalue weighted by molar-refractivity contribution is -0.128. The topological polar surface area (TPSA) is 77.7 Å². The van der Waals surface area contributed by atoms with Gasteiger partial charge in [0, 0.05) is 36.4 Å². The number of thioether (sulfide) groups is 1. The van der Waals surface area contributed by atoms with E-state index in [1.165, 1.54) is 4.90 Å². The first-order chi connectivity index (χ1) is 14.6. The number of ether oxygens (including phenoxy) is 2. The van der Waals surface area contributed by atoms with Crippen LogP contribution in [0.1, 0.15) is 23.7 Å². The van der Waals surface area contributed by atoms with E-state index in [1.807, 2.05) is 23.3 Å². The average molecular weight is 426 g/mol. The molecule has 0 N–H and O–H groups in total. The molecule has 1 atom stereocenters. The molecule has 2 aromatic carbocycles. The Balaban J connectivity index is 1.48. The van der Waals surface area contributed by atoms with Crippen molar-refractivity contribution in [3.05, 3.63) is 53.9 Å². The van der Waals surface area contributed by atoms with Crippen LogP contribution in [0.3, 0.4) is 0 Å². The zero-order valence-electron chi connectivity index (χ0n) is 17.1. The van der Waals surface area contributed by atoms with E-state index in [0.29, 0.717) is 48.3 Å². The van der Waals surface area contributed by atoms with Gasteiger partial charge in [0.1, 0.15) is 11.5 Å². The molecule has 1 amide bonds. The zero-order valence-corrected chi connectivity index (χ0v) is 17.9. The van der Waals surface area contributed by atoms with Crippen LogP contribution in [0, 0.1) is 0 Å². The minimum Gasteiger partial charge on any atom is -0.497 e. The molecule has 30 heavy (non-hydrogen) atoms. The molecule has 7 nitrogen and oxygen atoms in total. The fourth-order valence-corrected chi connectivity index (χ4v) is 3.94. The van der Waals surface area contributed by atoms with E-state index in [-0.39, 0.29) is 11.8 Å². The first-order valence-electron chi connectivity index (χ1n) is 9.58. The second-order valence-electron chi connectivity index (χ2n) is 7.05. The molecule has 4 rings (SSSR count). The number of carbonyl (C=O) groups excluding carboxylic acids is 1. The van der Waals surface area contributed by atoms with E-state index in [2.05, 4.69) is 34.4 Å². The zero-order chi connectivity index (χ0) is 21.1. The molecule has 156 valence electrons. The van der Waals surface area contributed by atoms with Gasteiger partial charge in [-0.3, -0.25) is 4.79 Å². The van der Waals surface area contributed by atoms with E-state index in [0.717, 1.165) is 5.56 Å². The first kappa shape index (κ1) is 20.3. The van der Waals surface area contributed by atoms with E-state index in [4.69, 9.17) is 14.0 Å². The number of amides is 1. The summed E-state index contributed by atoms with van der Waals surface area (Å²) in [5.74, 6) is 2.17. The number of methoxy groups -OCH3 is 2. The highest BCUT2D eigenvalue weighted by molar-refractivity contribution is 7.98. The summed E-state index contributed by atoms with van der Waals surface area (Å²) in [5.41, 5.74) is 1.80. The highest BCUT2D eigenvalue weighted by atomic mass is 32.2. The molecule has 1 saturated heterocycles. The second-order valence-corrected chi connectivity index (χ2v) is 7.93. The lowest BCUT2D eigenvalue weighted by atomic mass is 10.1. The predicted octanol–water partition coefficient (Wildman–Crippen LogP) is 3.99. The lowest BCUT2D eigenvalue weighted by Gasteiger charge is -2.16. The van der Waals surface area contributed by atoms with Gasteiger partial charge in [-0.15, -0.1) is 11.8 Å². The van der Waals surface area contributed by atoms with Crippen LogP contribution in [0.2, 0.25) is 0 Å². The Kier molecular flexibility index (Phi) is 5.94. The third-order valence-electron chi connectivity index (χ3n) is 5.19. The van der Waals surface area contributed by atoms with Crippen LogP contribution in [-0.4, -0.2) is 48.0 Å². The molecular formula is C22H23N3O4S. The van der Waals surface area contributed by atoms with Crippen LogP contribution in [0.5, 0.6) is 11.5 Å². The number of hydrogen-bond donors (Lipinski definition) is 0. The summed E-state index contributed by atoms with van der Waals surface area (Å²) in [6.45, 7) is 1.16. The number of carbonyl (C=O) groups is 1. The second kappa shape index (κ2) is 8.79. The van der Waals surface area contributed by atoms with Gasteiger partial charge in [-0.25, -0.2) is 0 Å². The molecule has 0 bridgehead atoms. The minimum absolute atomic E-state index is 0.0929. The maximum Gasteiger partial charge on any atom is 0.261 e. The van der Waals surface area contributed by atoms with Crippen LogP contribution in [-0.2, 0) is 11.3 Å². The van der Waals surface area contributed by atoms with Crippen LogP contribution >= 0.6 is 11.8 Å². The normalized spacial score (nSPS) is 16.2. The van der Waals surface area contributed by atoms with Crippen LogP contribution in [0.25, 0.3) is 11.5 Å². The van der Waals surface area contributed by atoms with Crippen molar-refractivity contribution in [2.45, 2.75) is 23.8 Å². The number of benzene rings is 2. The van der Waals surface area contributed by atoms with Gasteiger partial charge < -0.3 is 18.9 Å². The van der Waals surface area contributed by atoms with E-state index < -0.39 is 0 Å². The van der Waals surface area contributed by atoms with Crippen LogP contribution < -0.4 is 9.47 Å². The summed E-state index contributed by atoms with van der Waals surface area (Å²) in [5, 5.41) is 4.14. The first-order valence-corrected chi connectivity index (χ1v) is 10.8. The van der Waals surface area contributed by atoms with E-state index >= 15 is 0 Å². The Morgan fingerprint density at radius 2 is 1.97 bits per heavy atom. The molecule has 3 aromatic rings. The van der Waals surface area contributed by atoms with Gasteiger partial charge in [0.2, 0.25) is 5.91 Å². The molecule has 1 unspecified atom stereocenters. The molecule has 0 spiro atoms. The van der Waals surface area contributed by atoms with Crippen molar-refractivity contribution in [1.82, 2.24) is 15.0 Å². The number of rotatable bonds is 7. The van der Waals surface area contributed by atoms with E-state index in [1.54, 1.807) is 32.0 Å². The quantitative estimate of drug-likeness (QED) is 0.530. The van der Waals surface area contributed by atoms with Crippen molar-refractivity contribution in [3.8, 4) is 23.0 Å². The van der Waals surface area contributed by atoms with E-state index in [9.17, 15) is 4.79 Å². The Morgan fingerprint density at radius 1 is 1.17 bits per heavy atom. The summed E-state index contributed by atoms with van der Waals surface area (Å²) >= 11 is 1.70. The highest BCUT2D eigenvalue weighted by Gasteiger charge is 2.34. The fourth-order valence-electron chi connectivity index (χ4n) is 3.53. The van der Waals surface area contributed by atoms with Crippen molar-refractivity contribution in [3.63, 3.8) is 0 Å². The summed E-state index contributed by atoms with van der Waals surface area (Å²) in [6, 6.07) is 13.7. The van der Waals surface area contributed by atoms with Gasteiger partial charge in [0.15, 0.2) is 5.82 Å².